The third-order valence-corrected chi connectivity index (χ3v) is 3.53. The number of aliphatic hydroxyl groups excluding tert-OH is 1. The molecule has 0 saturated heterocycles. The lowest BCUT2D eigenvalue weighted by Crippen LogP contribution is -2.06. The lowest BCUT2D eigenvalue weighted by atomic mass is 9.95. The molecule has 4 heteroatoms. The number of halogens is 1. The van der Waals surface area contributed by atoms with Gasteiger partial charge in [0.25, 0.3) is 0 Å². The van der Waals surface area contributed by atoms with E-state index in [-0.39, 0.29) is 5.56 Å². The Labute approximate surface area is 124 Å². The van der Waals surface area contributed by atoms with Crippen LogP contribution in [0.3, 0.4) is 0 Å². The van der Waals surface area contributed by atoms with E-state index >= 15 is 0 Å². The molecule has 0 aliphatic carbocycles. The number of rotatable bonds is 4. The van der Waals surface area contributed by atoms with Crippen molar-refractivity contribution in [2.45, 2.75) is 20.0 Å². The number of benzene rings is 2. The van der Waals surface area contributed by atoms with Gasteiger partial charge in [-0.25, -0.2) is 4.39 Å². The van der Waals surface area contributed by atoms with Crippen LogP contribution in [-0.2, 0) is 0 Å². The van der Waals surface area contributed by atoms with E-state index in [1.807, 2.05) is 32.0 Å². The third-order valence-electron chi connectivity index (χ3n) is 3.53. The predicted octanol–water partition coefficient (Wildman–Crippen LogP) is 3.54. The molecule has 0 radical (unpaired) electrons. The molecule has 0 fully saturated rings. The maximum Gasteiger partial charge on any atom is 0.163 e. The molecule has 0 amide bonds. The zero-order valence-electron chi connectivity index (χ0n) is 12.6. The first-order valence-electron chi connectivity index (χ1n) is 6.64. The maximum absolute atomic E-state index is 14.2. The molecule has 0 bridgehead atoms. The van der Waals surface area contributed by atoms with Gasteiger partial charge in [0.05, 0.1) is 14.2 Å². The number of methoxy groups -OCH3 is 2. The first-order valence-corrected chi connectivity index (χ1v) is 6.64. The van der Waals surface area contributed by atoms with Crippen molar-refractivity contribution in [1.29, 1.82) is 0 Å². The lowest BCUT2D eigenvalue weighted by Gasteiger charge is -2.18. The lowest BCUT2D eigenvalue weighted by molar-refractivity contribution is 0.213. The van der Waals surface area contributed by atoms with E-state index in [4.69, 9.17) is 9.47 Å². The highest BCUT2D eigenvalue weighted by Gasteiger charge is 2.20. The summed E-state index contributed by atoms with van der Waals surface area (Å²) in [6, 6.07) is 8.42. The standard InChI is InChI=1S/C17H19FO3/c1-10-5-6-11(2)12(7-10)17(19)13-8-15(20-3)16(21-4)9-14(13)18/h5-9,17,19H,1-4H3. The van der Waals surface area contributed by atoms with Crippen LogP contribution in [0.2, 0.25) is 0 Å². The second kappa shape index (κ2) is 6.14. The van der Waals surface area contributed by atoms with E-state index in [1.54, 1.807) is 0 Å². The molecule has 2 aromatic carbocycles. The molecule has 21 heavy (non-hydrogen) atoms. The van der Waals surface area contributed by atoms with Crippen molar-refractivity contribution in [3.63, 3.8) is 0 Å². The maximum atomic E-state index is 14.2. The first-order chi connectivity index (χ1) is 9.97. The summed E-state index contributed by atoms with van der Waals surface area (Å²) < 4.78 is 24.4. The topological polar surface area (TPSA) is 38.7 Å². The summed E-state index contributed by atoms with van der Waals surface area (Å²) in [4.78, 5) is 0. The summed E-state index contributed by atoms with van der Waals surface area (Å²) >= 11 is 0. The van der Waals surface area contributed by atoms with Gasteiger partial charge in [0.2, 0.25) is 0 Å². The average molecular weight is 290 g/mol. The van der Waals surface area contributed by atoms with Gasteiger partial charge in [-0.3, -0.25) is 0 Å². The molecule has 1 atom stereocenters. The minimum absolute atomic E-state index is 0.168. The van der Waals surface area contributed by atoms with Crippen LogP contribution in [0, 0.1) is 19.7 Å². The van der Waals surface area contributed by atoms with Crippen molar-refractivity contribution >= 4 is 0 Å². The van der Waals surface area contributed by atoms with Gasteiger partial charge in [-0.1, -0.05) is 23.8 Å². The van der Waals surface area contributed by atoms with Crippen molar-refractivity contribution in [3.05, 3.63) is 58.4 Å². The molecule has 1 unspecified atom stereocenters. The van der Waals surface area contributed by atoms with E-state index in [0.717, 1.165) is 11.1 Å². The third kappa shape index (κ3) is 3.00. The molecular formula is C17H19FO3. The largest absolute Gasteiger partial charge is 0.493 e. The van der Waals surface area contributed by atoms with E-state index in [2.05, 4.69) is 0 Å². The van der Waals surface area contributed by atoms with Crippen LogP contribution in [0.4, 0.5) is 4.39 Å². The number of aryl methyl sites for hydroxylation is 2. The number of aliphatic hydroxyl groups is 1. The Hall–Kier alpha value is -2.07. The van der Waals surface area contributed by atoms with Gasteiger partial charge in [0, 0.05) is 11.6 Å². The van der Waals surface area contributed by atoms with Gasteiger partial charge in [-0.2, -0.15) is 0 Å². The van der Waals surface area contributed by atoms with Gasteiger partial charge >= 0.3 is 0 Å². The van der Waals surface area contributed by atoms with E-state index < -0.39 is 11.9 Å². The molecule has 3 nitrogen and oxygen atoms in total. The molecule has 112 valence electrons. The molecule has 0 heterocycles. The summed E-state index contributed by atoms with van der Waals surface area (Å²) in [6.07, 6.45) is -1.05. The highest BCUT2D eigenvalue weighted by atomic mass is 19.1. The van der Waals surface area contributed by atoms with Crippen LogP contribution in [0.15, 0.2) is 30.3 Å². The highest BCUT2D eigenvalue weighted by molar-refractivity contribution is 5.47. The van der Waals surface area contributed by atoms with Crippen molar-refractivity contribution in [2.75, 3.05) is 14.2 Å². The second-order valence-corrected chi connectivity index (χ2v) is 4.99. The molecule has 0 aliphatic rings. The van der Waals surface area contributed by atoms with Crippen LogP contribution in [-0.4, -0.2) is 19.3 Å². The van der Waals surface area contributed by atoms with Gasteiger partial charge in [-0.05, 0) is 31.0 Å². The smallest absolute Gasteiger partial charge is 0.163 e. The number of hydrogen-bond acceptors (Lipinski definition) is 3. The van der Waals surface area contributed by atoms with Gasteiger partial charge in [0.15, 0.2) is 11.5 Å². The molecule has 0 saturated carbocycles. The summed E-state index contributed by atoms with van der Waals surface area (Å²) in [5.41, 5.74) is 2.76. The fourth-order valence-electron chi connectivity index (χ4n) is 2.30. The molecule has 2 aromatic rings. The van der Waals surface area contributed by atoms with E-state index in [1.165, 1.54) is 26.4 Å². The zero-order chi connectivity index (χ0) is 15.6. The molecule has 0 aliphatic heterocycles. The van der Waals surface area contributed by atoms with Crippen LogP contribution in [0.1, 0.15) is 28.4 Å². The second-order valence-electron chi connectivity index (χ2n) is 4.99. The van der Waals surface area contributed by atoms with Crippen LogP contribution in [0.5, 0.6) is 11.5 Å². The fourth-order valence-corrected chi connectivity index (χ4v) is 2.30. The molecule has 0 spiro atoms. The predicted molar refractivity (Wildman–Crippen MR) is 79.5 cm³/mol. The quantitative estimate of drug-likeness (QED) is 0.936. The number of hydrogen-bond donors (Lipinski definition) is 1. The molecule has 2 rings (SSSR count). The summed E-state index contributed by atoms with van der Waals surface area (Å²) in [6.45, 7) is 3.82. The van der Waals surface area contributed by atoms with Crippen LogP contribution < -0.4 is 9.47 Å². The van der Waals surface area contributed by atoms with E-state index in [9.17, 15) is 9.50 Å². The summed E-state index contributed by atoms with van der Waals surface area (Å²) in [5, 5.41) is 10.5. The average Bonchev–Trinajstić information content (AvgIpc) is 2.48. The van der Waals surface area contributed by atoms with Crippen LogP contribution in [0.25, 0.3) is 0 Å². The molecular weight excluding hydrogens is 271 g/mol. The Morgan fingerprint density at radius 3 is 2.19 bits per heavy atom. The van der Waals surface area contributed by atoms with Crippen molar-refractivity contribution in [3.8, 4) is 11.5 Å². The monoisotopic (exact) mass is 290 g/mol. The summed E-state index contributed by atoms with van der Waals surface area (Å²) in [7, 11) is 2.92. The van der Waals surface area contributed by atoms with E-state index in [0.29, 0.717) is 17.1 Å². The Bertz CT molecular complexity index is 653. The van der Waals surface area contributed by atoms with Crippen molar-refractivity contribution in [2.24, 2.45) is 0 Å². The molecule has 0 aromatic heterocycles. The van der Waals surface area contributed by atoms with Gasteiger partial charge < -0.3 is 14.6 Å². The van der Waals surface area contributed by atoms with Crippen LogP contribution >= 0.6 is 0 Å². The Morgan fingerprint density at radius 2 is 1.57 bits per heavy atom. The van der Waals surface area contributed by atoms with Crippen molar-refractivity contribution < 1.29 is 19.0 Å². The number of ether oxygens (including phenoxy) is 2. The highest BCUT2D eigenvalue weighted by Crippen LogP contribution is 2.35. The SMILES string of the molecule is COc1cc(F)c(C(O)c2cc(C)ccc2C)cc1OC. The summed E-state index contributed by atoms with van der Waals surface area (Å²) in [5.74, 6) is 0.159. The Kier molecular flexibility index (Phi) is 4.48. The van der Waals surface area contributed by atoms with Gasteiger partial charge in [-0.15, -0.1) is 0 Å². The Morgan fingerprint density at radius 1 is 0.952 bits per heavy atom. The Balaban J connectivity index is 2.52. The van der Waals surface area contributed by atoms with Gasteiger partial charge in [0.1, 0.15) is 11.9 Å². The first kappa shape index (κ1) is 15.3. The minimum Gasteiger partial charge on any atom is -0.493 e. The molecule has 1 N–H and O–H groups in total. The van der Waals surface area contributed by atoms with Crippen molar-refractivity contribution in [1.82, 2.24) is 0 Å². The normalized spacial score (nSPS) is 12.1. The minimum atomic E-state index is -1.05. The fraction of sp³-hybridized carbons (Fsp3) is 0.294. The zero-order valence-corrected chi connectivity index (χ0v) is 12.6.